The number of imidazole rings is 2. The van der Waals surface area contributed by atoms with Gasteiger partial charge in [-0.25, -0.2) is 63.5 Å². The summed E-state index contributed by atoms with van der Waals surface area (Å²) in [6, 6.07) is 3.49. The third kappa shape index (κ3) is 20.0. The summed E-state index contributed by atoms with van der Waals surface area (Å²) in [7, 11) is 1.39. The smallest absolute Gasteiger partial charge is 0.412 e. The number of hydrogen-bond acceptors (Lipinski definition) is 24. The van der Waals surface area contributed by atoms with Crippen LogP contribution in [0.2, 0.25) is 0 Å². The van der Waals surface area contributed by atoms with Crippen LogP contribution in [0.15, 0.2) is 49.6 Å². The zero-order chi connectivity index (χ0) is 64.6. The Morgan fingerprint density at radius 1 is 0.865 bits per heavy atom. The Morgan fingerprint density at radius 3 is 2.26 bits per heavy atom. The molecule has 1 aromatic carbocycles. The minimum atomic E-state index is -4.58. The number of ether oxygens (including phenoxy) is 4. The van der Waals surface area contributed by atoms with Crippen LogP contribution in [0.5, 0.6) is 0 Å². The van der Waals surface area contributed by atoms with Crippen LogP contribution < -0.4 is 43.9 Å². The number of hydrogen-bond donors (Lipinski definition) is 11. The fourth-order valence-corrected chi connectivity index (χ4v) is 11.1. The molecule has 10 atom stereocenters. The average Bonchev–Trinajstić information content (AvgIpc) is 1.76. The number of thiol groups is 1. The summed E-state index contributed by atoms with van der Waals surface area (Å²) < 4.78 is 86.4. The molecule has 2 fully saturated rings. The number of benzene rings is 1. The Bertz CT molecular complexity index is 3360. The maximum absolute atomic E-state index is 16.6. The van der Waals surface area contributed by atoms with E-state index >= 15 is 8.78 Å². The van der Waals surface area contributed by atoms with Gasteiger partial charge in [-0.3, -0.25) is 37.9 Å². The molecule has 0 spiro atoms. The number of alkyl halides is 2. The van der Waals surface area contributed by atoms with Gasteiger partial charge >= 0.3 is 31.7 Å². The second-order valence-corrected chi connectivity index (χ2v) is 26.1. The molecule has 5 aromatic rings. The van der Waals surface area contributed by atoms with Crippen molar-refractivity contribution in [2.45, 2.75) is 121 Å². The number of rotatable bonds is 32. The number of aromatic nitrogens is 8. The van der Waals surface area contributed by atoms with Crippen molar-refractivity contribution >= 4 is 113 Å². The van der Waals surface area contributed by atoms with Gasteiger partial charge in [0.25, 0.3) is 0 Å². The molecular weight excluding hydrogens is 1260 g/mol. The number of halogens is 2. The second kappa shape index (κ2) is 32.2. The summed E-state index contributed by atoms with van der Waals surface area (Å²) in [6.45, 7) is -6.96. The minimum Gasteiger partial charge on any atom is -0.447 e. The van der Waals surface area contributed by atoms with Crippen molar-refractivity contribution in [1.82, 2.24) is 59.9 Å². The van der Waals surface area contributed by atoms with E-state index in [1.165, 1.54) is 24.3 Å². The van der Waals surface area contributed by atoms with E-state index in [2.05, 4.69) is 85.4 Å². The number of anilines is 3. The SMILES string of the molecule is CC(C)[C@H](NC(=O)CCCCCON)C(=O)N[C@@H](CCCNC(N)=O)C(=O)Nc1ccc(COC(=O)N(C)CCOC(=O)Nc2ncnc3c2ncn3[C@@H]2O[C@H](COP(O)(O)=S)[C@@H](OP(=O)(S)OC[C@@H]3C[C@@H](F)[C@H](n4cnc5c(N)ncnc54)O3)[C@H]2F)cc1. The molecule has 13 N–H and O–H groups in total. The van der Waals surface area contributed by atoms with E-state index in [1.54, 1.807) is 38.1 Å². The molecule has 1 unspecified atom stereocenters. The fourth-order valence-electron chi connectivity index (χ4n) is 9.09. The second-order valence-electron chi connectivity index (χ2n) is 20.5. The van der Waals surface area contributed by atoms with Crippen molar-refractivity contribution in [3.8, 4) is 0 Å². The van der Waals surface area contributed by atoms with Gasteiger partial charge < -0.3 is 75.7 Å². The Labute approximate surface area is 516 Å². The number of nitrogens with one attached hydrogen (secondary N) is 5. The van der Waals surface area contributed by atoms with Crippen molar-refractivity contribution < 1.29 is 89.3 Å². The molecule has 40 heteroatoms. The van der Waals surface area contributed by atoms with Crippen LogP contribution in [0, 0.1) is 5.92 Å². The highest BCUT2D eigenvalue weighted by Crippen LogP contribution is 2.57. The molecule has 7 amide bonds. The van der Waals surface area contributed by atoms with Gasteiger partial charge in [0.2, 0.25) is 17.7 Å². The topological polar surface area (TPSA) is 462 Å². The Balaban J connectivity index is 0.875. The van der Waals surface area contributed by atoms with Crippen LogP contribution >= 0.6 is 25.8 Å². The van der Waals surface area contributed by atoms with Crippen LogP contribution in [-0.2, 0) is 74.7 Å². The number of nitrogens with zero attached hydrogens (tertiary/aromatic N) is 9. The first-order valence-corrected chi connectivity index (χ1v) is 32.8. The molecule has 2 aliphatic heterocycles. The van der Waals surface area contributed by atoms with Crippen LogP contribution in [0.25, 0.3) is 22.3 Å². The van der Waals surface area contributed by atoms with Crippen molar-refractivity contribution in [2.24, 2.45) is 17.5 Å². The molecule has 2 saturated heterocycles. The number of amides is 7. The summed E-state index contributed by atoms with van der Waals surface area (Å²) in [5.41, 5.74) is 12.1. The van der Waals surface area contributed by atoms with Crippen molar-refractivity contribution in [1.29, 1.82) is 0 Å². The normalized spacial score (nSPS) is 20.6. The predicted molar refractivity (Wildman–Crippen MR) is 316 cm³/mol. The highest BCUT2D eigenvalue weighted by Gasteiger charge is 2.51. The third-order valence-electron chi connectivity index (χ3n) is 13.6. The quantitative estimate of drug-likeness (QED) is 0.0128. The first-order chi connectivity index (χ1) is 42.3. The lowest BCUT2D eigenvalue weighted by Crippen LogP contribution is -2.54. The average molecular weight is 1330 g/mol. The lowest BCUT2D eigenvalue weighted by Gasteiger charge is -2.25. The molecule has 488 valence electrons. The molecular formula is C49H69F2N17O17P2S2. The van der Waals surface area contributed by atoms with Gasteiger partial charge in [-0.2, -0.15) is 0 Å². The van der Waals surface area contributed by atoms with Gasteiger partial charge in [-0.1, -0.05) is 44.6 Å². The van der Waals surface area contributed by atoms with Crippen LogP contribution in [0.4, 0.5) is 40.5 Å². The Hall–Kier alpha value is -6.93. The Kier molecular flexibility index (Phi) is 25.2. The monoisotopic (exact) mass is 1330 g/mol. The molecule has 89 heavy (non-hydrogen) atoms. The third-order valence-corrected chi connectivity index (χ3v) is 16.0. The van der Waals surface area contributed by atoms with E-state index in [-0.39, 0.29) is 97.8 Å². The number of carbonyl (C=O) groups excluding carboxylic acids is 6. The van der Waals surface area contributed by atoms with E-state index in [4.69, 9.17) is 49.9 Å². The lowest BCUT2D eigenvalue weighted by atomic mass is 10.0. The van der Waals surface area contributed by atoms with Gasteiger partial charge in [-0.05, 0) is 61.1 Å². The molecule has 6 heterocycles. The summed E-state index contributed by atoms with van der Waals surface area (Å²) in [6.07, 6.45) is -6.27. The fraction of sp³-hybridized carbons (Fsp3) is 0.551. The molecule has 0 aliphatic carbocycles. The van der Waals surface area contributed by atoms with Gasteiger partial charge in [0, 0.05) is 32.1 Å². The number of primary amides is 1. The van der Waals surface area contributed by atoms with Gasteiger partial charge in [0.15, 0.2) is 47.1 Å². The standard InChI is InChI=1S/C49H69F2N17O17P2S2/c1-26(2)35(64-33(69)9-5-4-6-16-80-54)44(71)63-31(8-7-14-55-47(53)72)43(70)62-28-12-10-27(11-13-28)19-79-49(74)66(3)15-17-78-48(73)65-40-37-42(59-23-57-40)68(25-61-37)46-34(51)38(32(84-46)21-81-86(75,76)88)85-87(77,89)82-20-29-18-30(50)45(83-29)67-24-60-36-39(52)56-22-58-41(36)67/h10-13,22-26,29-32,34-35,38,45-46H,4-9,14-21,54H2,1-3H3,(H,62,70)(H,63,71)(H,64,69)(H,77,89)(H2,52,56,58)(H3,53,55,72)(H2,75,76,88)(H,57,59,65,73)/t29-,30+,31-,32+,34+,35-,38+,45+,46+,87?/m0/s1. The van der Waals surface area contributed by atoms with Crippen LogP contribution in [-0.4, -0.2) is 179 Å². The first kappa shape index (κ1) is 69.5. The highest BCUT2D eigenvalue weighted by molar-refractivity contribution is 8.44. The largest absolute Gasteiger partial charge is 0.447 e. The first-order valence-electron chi connectivity index (χ1n) is 27.5. The summed E-state index contributed by atoms with van der Waals surface area (Å²) >= 11 is 8.58. The molecule has 0 saturated carbocycles. The lowest BCUT2D eigenvalue weighted by molar-refractivity contribution is -0.132. The van der Waals surface area contributed by atoms with E-state index in [1.807, 2.05) is 0 Å². The summed E-state index contributed by atoms with van der Waals surface area (Å²) in [5, 5.41) is 13.1. The number of likely N-dealkylation sites (N-methyl/N-ethyl adjacent to an activating group) is 1. The van der Waals surface area contributed by atoms with Gasteiger partial charge in [-0.15, -0.1) is 0 Å². The van der Waals surface area contributed by atoms with Gasteiger partial charge in [0.1, 0.15) is 61.8 Å². The number of unbranched alkanes of at least 4 members (excludes halogenated alkanes) is 2. The summed E-state index contributed by atoms with van der Waals surface area (Å²) in [4.78, 5) is 127. The molecule has 4 aromatic heterocycles. The van der Waals surface area contributed by atoms with Crippen LogP contribution in [0.3, 0.4) is 0 Å². The number of urea groups is 1. The van der Waals surface area contributed by atoms with E-state index < -0.39 is 112 Å². The number of carbonyl (C=O) groups is 6. The summed E-state index contributed by atoms with van der Waals surface area (Å²) in [5.74, 6) is 3.09. The number of nitrogens with two attached hydrogens (primary N) is 3. The van der Waals surface area contributed by atoms with Crippen molar-refractivity contribution in [2.75, 3.05) is 62.9 Å². The highest BCUT2D eigenvalue weighted by atomic mass is 32.7. The van der Waals surface area contributed by atoms with Crippen LogP contribution in [0.1, 0.15) is 76.8 Å². The maximum Gasteiger partial charge on any atom is 0.412 e. The van der Waals surface area contributed by atoms with Crippen molar-refractivity contribution in [3.05, 3.63) is 55.1 Å². The molecule has 2 aliphatic rings. The molecule has 0 radical (unpaired) electrons. The van der Waals surface area contributed by atoms with E-state index in [0.717, 1.165) is 22.1 Å². The van der Waals surface area contributed by atoms with Gasteiger partial charge in [0.05, 0.1) is 45.1 Å². The Morgan fingerprint density at radius 2 is 1.56 bits per heavy atom. The maximum atomic E-state index is 16.6. The minimum absolute atomic E-state index is 0.0666. The predicted octanol–water partition coefficient (Wildman–Crippen LogP) is 3.06. The van der Waals surface area contributed by atoms with E-state index in [9.17, 15) is 43.1 Å². The zero-order valence-corrected chi connectivity index (χ0v) is 51.6. The van der Waals surface area contributed by atoms with E-state index in [0.29, 0.717) is 37.1 Å². The molecule has 0 bridgehead atoms. The van der Waals surface area contributed by atoms with Crippen molar-refractivity contribution in [3.63, 3.8) is 0 Å². The molecule has 7 rings (SSSR count). The zero-order valence-electron chi connectivity index (χ0n) is 48.1. The number of fused-ring (bicyclic) bond motifs is 2. The molecule has 34 nitrogen and oxygen atoms in total. The number of nitrogen functional groups attached to an aromatic ring is 1.